The third kappa shape index (κ3) is 3.51. The largest absolute Gasteiger partial charge is 0.490 e. The van der Waals surface area contributed by atoms with Crippen molar-refractivity contribution in [2.45, 2.75) is 32.1 Å². The van der Waals surface area contributed by atoms with Crippen molar-refractivity contribution < 1.29 is 23.5 Å². The van der Waals surface area contributed by atoms with E-state index in [0.29, 0.717) is 23.0 Å². The van der Waals surface area contributed by atoms with Gasteiger partial charge in [-0.3, -0.25) is 4.79 Å². The molecule has 1 N–H and O–H groups in total. The minimum absolute atomic E-state index is 0.167. The summed E-state index contributed by atoms with van der Waals surface area (Å²) < 4.78 is 22.5. The zero-order valence-corrected chi connectivity index (χ0v) is 15.9. The van der Waals surface area contributed by atoms with Gasteiger partial charge in [-0.2, -0.15) is 0 Å². The van der Waals surface area contributed by atoms with Crippen molar-refractivity contribution in [2.24, 2.45) is 0 Å². The fourth-order valence-corrected chi connectivity index (χ4v) is 3.53. The van der Waals surface area contributed by atoms with Crippen molar-refractivity contribution in [3.8, 4) is 28.6 Å². The minimum atomic E-state index is -0.702. The van der Waals surface area contributed by atoms with Gasteiger partial charge in [0.1, 0.15) is 24.2 Å². The molecule has 5 rings (SSSR count). The molecule has 2 atom stereocenters. The molecule has 0 saturated carbocycles. The molecular weight excluding hydrogens is 372 g/mol. The molecule has 0 aliphatic carbocycles. The summed E-state index contributed by atoms with van der Waals surface area (Å²) >= 11 is 0. The number of fused-ring (bicyclic) bond motifs is 2. The average Bonchev–Trinajstić information content (AvgIpc) is 3.36. The van der Waals surface area contributed by atoms with E-state index in [1.54, 1.807) is 6.07 Å². The van der Waals surface area contributed by atoms with Crippen LogP contribution in [0.3, 0.4) is 0 Å². The minimum Gasteiger partial charge on any atom is -0.490 e. The normalized spacial score (nSPS) is 19.3. The lowest BCUT2D eigenvalue weighted by Crippen LogP contribution is -2.43. The average molecular weight is 392 g/mol. The van der Waals surface area contributed by atoms with Crippen LogP contribution in [-0.2, 0) is 17.8 Å². The first-order chi connectivity index (χ1) is 14.2. The summed E-state index contributed by atoms with van der Waals surface area (Å²) in [6, 6.07) is 15.1. The van der Waals surface area contributed by atoms with Crippen LogP contribution in [0.25, 0.3) is 11.3 Å². The molecule has 3 heterocycles. The van der Waals surface area contributed by atoms with E-state index in [4.69, 9.17) is 18.7 Å². The Morgan fingerprint density at radius 1 is 1.10 bits per heavy atom. The van der Waals surface area contributed by atoms with Gasteiger partial charge in [0.15, 0.2) is 17.3 Å². The van der Waals surface area contributed by atoms with Gasteiger partial charge in [0.2, 0.25) is 6.10 Å². The van der Waals surface area contributed by atoms with Crippen LogP contribution in [0.1, 0.15) is 18.2 Å². The third-order valence-electron chi connectivity index (χ3n) is 4.99. The number of nitrogens with one attached hydrogen (secondary N) is 1. The Kier molecular flexibility index (Phi) is 4.35. The number of hydrogen-bond acceptors (Lipinski definition) is 6. The smallest absolute Gasteiger partial charge is 0.265 e. The number of amides is 1. The van der Waals surface area contributed by atoms with Crippen LogP contribution in [-0.4, -0.2) is 29.9 Å². The number of aromatic nitrogens is 1. The molecule has 0 saturated heterocycles. The Balaban J connectivity index is 1.21. The highest BCUT2D eigenvalue weighted by molar-refractivity contribution is 5.81. The second-order valence-corrected chi connectivity index (χ2v) is 7.22. The summed E-state index contributed by atoms with van der Waals surface area (Å²) in [5.74, 6) is 2.47. The van der Waals surface area contributed by atoms with Crippen molar-refractivity contribution in [2.75, 3.05) is 6.61 Å². The monoisotopic (exact) mass is 392 g/mol. The number of carbonyl (C=O) groups is 1. The van der Waals surface area contributed by atoms with Crippen molar-refractivity contribution in [1.29, 1.82) is 0 Å². The number of hydrogen-bond donors (Lipinski definition) is 1. The van der Waals surface area contributed by atoms with Gasteiger partial charge in [0.05, 0.1) is 6.54 Å². The number of ether oxygens (including phenoxy) is 3. The van der Waals surface area contributed by atoms with E-state index in [2.05, 4.69) is 23.5 Å². The summed E-state index contributed by atoms with van der Waals surface area (Å²) in [6.45, 7) is 2.46. The topological polar surface area (TPSA) is 82.8 Å². The molecule has 2 unspecified atom stereocenters. The zero-order valence-electron chi connectivity index (χ0n) is 15.9. The highest BCUT2D eigenvalue weighted by atomic mass is 16.6. The highest BCUT2D eigenvalue weighted by Crippen LogP contribution is 2.33. The Morgan fingerprint density at radius 3 is 2.86 bits per heavy atom. The van der Waals surface area contributed by atoms with E-state index in [1.807, 2.05) is 36.4 Å². The van der Waals surface area contributed by atoms with E-state index >= 15 is 0 Å². The molecule has 0 bridgehead atoms. The Morgan fingerprint density at radius 2 is 1.97 bits per heavy atom. The fourth-order valence-electron chi connectivity index (χ4n) is 3.53. The van der Waals surface area contributed by atoms with Crippen molar-refractivity contribution >= 4 is 5.91 Å². The molecule has 29 heavy (non-hydrogen) atoms. The van der Waals surface area contributed by atoms with Crippen molar-refractivity contribution in [3.63, 3.8) is 0 Å². The van der Waals surface area contributed by atoms with Crippen LogP contribution in [0.5, 0.6) is 17.2 Å². The standard InChI is InChI=1S/C22H20N2O5/c1-13-8-14-6-7-15(9-19(14)27-13)20-10-16(24-29-20)11-23-22(25)21-12-26-17-4-2-3-5-18(17)28-21/h2-7,9-10,13,21H,8,11-12H2,1H3,(H,23,25). The fraction of sp³-hybridized carbons (Fsp3) is 0.273. The highest BCUT2D eigenvalue weighted by Gasteiger charge is 2.27. The van der Waals surface area contributed by atoms with Gasteiger partial charge in [0, 0.05) is 18.1 Å². The van der Waals surface area contributed by atoms with Crippen LogP contribution in [0.2, 0.25) is 0 Å². The summed E-state index contributed by atoms with van der Waals surface area (Å²) in [6.07, 6.45) is 0.409. The second-order valence-electron chi connectivity index (χ2n) is 7.22. The summed E-state index contributed by atoms with van der Waals surface area (Å²) in [4.78, 5) is 12.4. The van der Waals surface area contributed by atoms with Gasteiger partial charge < -0.3 is 24.1 Å². The van der Waals surface area contributed by atoms with Crippen LogP contribution in [0.15, 0.2) is 53.1 Å². The number of benzene rings is 2. The van der Waals surface area contributed by atoms with E-state index < -0.39 is 6.10 Å². The molecule has 2 aliphatic heterocycles. The molecule has 2 aliphatic rings. The summed E-state index contributed by atoms with van der Waals surface area (Å²) in [5.41, 5.74) is 2.72. The molecule has 2 aromatic carbocycles. The Bertz CT molecular complexity index is 1060. The quantitative estimate of drug-likeness (QED) is 0.735. The second kappa shape index (κ2) is 7.16. The van der Waals surface area contributed by atoms with Crippen LogP contribution < -0.4 is 19.5 Å². The van der Waals surface area contributed by atoms with Crippen LogP contribution >= 0.6 is 0 Å². The number of para-hydroxylation sites is 2. The molecular formula is C22H20N2O5. The predicted molar refractivity (Wildman–Crippen MR) is 104 cm³/mol. The van der Waals surface area contributed by atoms with Crippen molar-refractivity contribution in [3.05, 3.63) is 59.8 Å². The van der Waals surface area contributed by atoms with E-state index in [-0.39, 0.29) is 25.2 Å². The van der Waals surface area contributed by atoms with Crippen LogP contribution in [0.4, 0.5) is 0 Å². The number of nitrogens with zero attached hydrogens (tertiary/aromatic N) is 1. The molecule has 1 aromatic heterocycles. The SMILES string of the molecule is CC1Cc2ccc(-c3cc(CNC(=O)C4COc5ccccc5O4)no3)cc2O1. The van der Waals surface area contributed by atoms with Gasteiger partial charge in [-0.05, 0) is 30.7 Å². The first-order valence-corrected chi connectivity index (χ1v) is 9.57. The Labute approximate surface area is 167 Å². The van der Waals surface area contributed by atoms with E-state index in [1.165, 1.54) is 5.56 Å². The number of rotatable bonds is 4. The van der Waals surface area contributed by atoms with Crippen LogP contribution in [0, 0.1) is 0 Å². The van der Waals surface area contributed by atoms with Gasteiger partial charge in [-0.15, -0.1) is 0 Å². The summed E-state index contributed by atoms with van der Waals surface area (Å²) in [5, 5.41) is 6.87. The first-order valence-electron chi connectivity index (χ1n) is 9.57. The van der Waals surface area contributed by atoms with Gasteiger partial charge in [-0.1, -0.05) is 29.4 Å². The molecule has 148 valence electrons. The lowest BCUT2D eigenvalue weighted by Gasteiger charge is -2.25. The maximum atomic E-state index is 12.4. The molecule has 0 fully saturated rings. The maximum absolute atomic E-state index is 12.4. The zero-order chi connectivity index (χ0) is 19.8. The maximum Gasteiger partial charge on any atom is 0.265 e. The first kappa shape index (κ1) is 17.6. The van der Waals surface area contributed by atoms with Crippen molar-refractivity contribution in [1.82, 2.24) is 10.5 Å². The Hall–Kier alpha value is -3.48. The van der Waals surface area contributed by atoms with E-state index in [0.717, 1.165) is 17.7 Å². The lowest BCUT2D eigenvalue weighted by molar-refractivity contribution is -0.130. The molecule has 7 nitrogen and oxygen atoms in total. The predicted octanol–water partition coefficient (Wildman–Crippen LogP) is 3.12. The molecule has 0 spiro atoms. The summed E-state index contributed by atoms with van der Waals surface area (Å²) in [7, 11) is 0. The third-order valence-corrected chi connectivity index (χ3v) is 4.99. The number of carbonyl (C=O) groups excluding carboxylic acids is 1. The van der Waals surface area contributed by atoms with Gasteiger partial charge in [-0.25, -0.2) is 0 Å². The molecule has 1 amide bonds. The molecule has 3 aromatic rings. The lowest BCUT2D eigenvalue weighted by atomic mass is 10.1. The molecule has 7 heteroatoms. The van der Waals surface area contributed by atoms with Gasteiger partial charge >= 0.3 is 0 Å². The van der Waals surface area contributed by atoms with E-state index in [9.17, 15) is 4.79 Å². The molecule has 0 radical (unpaired) electrons. The van der Waals surface area contributed by atoms with Gasteiger partial charge in [0.25, 0.3) is 5.91 Å².